The Morgan fingerprint density at radius 2 is 1.70 bits per heavy atom. The van der Waals surface area contributed by atoms with E-state index in [1.54, 1.807) is 20.8 Å². The zero-order chi connectivity index (χ0) is 25.3. The number of hydrogen-bond donors (Lipinski definition) is 8. The molecular formula is C19H34N4O10. The largest absolute Gasteiger partial charge is 0.444 e. The van der Waals surface area contributed by atoms with Crippen molar-refractivity contribution in [3.63, 3.8) is 0 Å². The van der Waals surface area contributed by atoms with Crippen LogP contribution in [0.4, 0.5) is 4.79 Å². The number of aliphatic hydroxyl groups excluding tert-OH is 4. The second kappa shape index (κ2) is 12.6. The number of ether oxygens (including phenoxy) is 2. The summed E-state index contributed by atoms with van der Waals surface area (Å²) in [5, 5.41) is 47.9. The highest BCUT2D eigenvalue weighted by Crippen LogP contribution is 2.20. The van der Waals surface area contributed by atoms with E-state index in [1.807, 2.05) is 0 Å². The number of alkyl carbamates (subject to hydrolysis) is 1. The Kier molecular flexibility index (Phi) is 10.9. The average molecular weight is 478 g/mol. The van der Waals surface area contributed by atoms with Crippen molar-refractivity contribution in [1.82, 2.24) is 21.3 Å². The van der Waals surface area contributed by atoms with Gasteiger partial charge < -0.3 is 51.2 Å². The van der Waals surface area contributed by atoms with E-state index in [9.17, 15) is 34.5 Å². The zero-order valence-corrected chi connectivity index (χ0v) is 19.0. The van der Waals surface area contributed by atoms with Gasteiger partial charge in [-0.15, -0.1) is 0 Å². The molecule has 0 radical (unpaired) electrons. The van der Waals surface area contributed by atoms with Gasteiger partial charge in [0.2, 0.25) is 17.7 Å². The first kappa shape index (κ1) is 28.5. The maximum Gasteiger partial charge on any atom is 0.408 e. The van der Waals surface area contributed by atoms with Crippen molar-refractivity contribution < 1.29 is 49.1 Å². The Morgan fingerprint density at radius 3 is 2.21 bits per heavy atom. The highest BCUT2D eigenvalue weighted by Gasteiger charge is 2.45. The summed E-state index contributed by atoms with van der Waals surface area (Å²) >= 11 is 0. The minimum atomic E-state index is -1.58. The Bertz CT molecular complexity index is 699. The number of carbonyl (C=O) groups is 4. The number of rotatable bonds is 9. The molecule has 1 rings (SSSR count). The molecule has 1 heterocycles. The molecule has 0 saturated carbocycles. The highest BCUT2D eigenvalue weighted by molar-refractivity contribution is 5.91. The van der Waals surface area contributed by atoms with Crippen LogP contribution in [0.5, 0.6) is 0 Å². The van der Waals surface area contributed by atoms with Crippen LogP contribution in [0.3, 0.4) is 0 Å². The summed E-state index contributed by atoms with van der Waals surface area (Å²) < 4.78 is 10.5. The number of carbonyl (C=O) groups excluding carboxylic acids is 4. The molecule has 33 heavy (non-hydrogen) atoms. The van der Waals surface area contributed by atoms with Gasteiger partial charge in [-0.3, -0.25) is 14.4 Å². The molecule has 1 aliphatic heterocycles. The molecule has 14 nitrogen and oxygen atoms in total. The van der Waals surface area contributed by atoms with Crippen LogP contribution in [0.15, 0.2) is 0 Å². The van der Waals surface area contributed by atoms with Crippen LogP contribution in [0.25, 0.3) is 0 Å². The summed E-state index contributed by atoms with van der Waals surface area (Å²) in [7, 11) is 0. The fraction of sp³-hybridized carbons (Fsp3) is 0.789. The molecule has 0 aromatic rings. The van der Waals surface area contributed by atoms with Gasteiger partial charge in [0.25, 0.3) is 0 Å². The van der Waals surface area contributed by atoms with Crippen molar-refractivity contribution >= 4 is 23.8 Å². The molecule has 8 N–H and O–H groups in total. The van der Waals surface area contributed by atoms with Gasteiger partial charge >= 0.3 is 6.09 Å². The first-order valence-corrected chi connectivity index (χ1v) is 10.4. The lowest BCUT2D eigenvalue weighted by Crippen LogP contribution is -2.68. The molecule has 0 aromatic heterocycles. The third-order valence-electron chi connectivity index (χ3n) is 4.41. The SMILES string of the molecule is CC(=O)NC1C(NC(=O)C[C@H](NC(=O)OC(C)(C)C)C(=O)NCCO)OC(CO)C(O)C1O. The van der Waals surface area contributed by atoms with Crippen LogP contribution < -0.4 is 21.3 Å². The quantitative estimate of drug-likeness (QED) is 0.163. The minimum absolute atomic E-state index is 0.119. The van der Waals surface area contributed by atoms with E-state index in [0.29, 0.717) is 0 Å². The number of hydrogen-bond acceptors (Lipinski definition) is 10. The molecule has 1 saturated heterocycles. The maximum atomic E-state index is 12.6. The lowest BCUT2D eigenvalue weighted by molar-refractivity contribution is -0.203. The van der Waals surface area contributed by atoms with Crippen LogP contribution in [-0.2, 0) is 23.9 Å². The van der Waals surface area contributed by atoms with Crippen LogP contribution in [0.2, 0.25) is 0 Å². The van der Waals surface area contributed by atoms with E-state index < -0.39 is 79.1 Å². The van der Waals surface area contributed by atoms with Crippen molar-refractivity contribution in [3.05, 3.63) is 0 Å². The average Bonchev–Trinajstić information content (AvgIpc) is 2.69. The first-order chi connectivity index (χ1) is 15.3. The van der Waals surface area contributed by atoms with E-state index in [4.69, 9.17) is 14.6 Å². The standard InChI is InChI=1S/C19H34N4O10/c1-9(26)21-13-15(29)14(28)11(8-25)32-17(13)23-12(27)7-10(16(30)20-5-6-24)22-18(31)33-19(2,3)4/h10-11,13-15,17,24-25,28-29H,5-8H2,1-4H3,(H,20,30)(H,21,26)(H,22,31)(H,23,27)/t10-,11?,13?,14?,15?,17?/m0/s1. The van der Waals surface area contributed by atoms with Crippen LogP contribution >= 0.6 is 0 Å². The molecule has 1 fully saturated rings. The Morgan fingerprint density at radius 1 is 1.06 bits per heavy atom. The number of aliphatic hydroxyl groups is 4. The molecule has 4 amide bonds. The second-order valence-electron chi connectivity index (χ2n) is 8.47. The smallest absolute Gasteiger partial charge is 0.408 e. The van der Waals surface area contributed by atoms with Crippen molar-refractivity contribution in [3.8, 4) is 0 Å². The van der Waals surface area contributed by atoms with Gasteiger partial charge in [0.05, 0.1) is 19.6 Å². The van der Waals surface area contributed by atoms with Gasteiger partial charge in [0.15, 0.2) is 6.23 Å². The summed E-state index contributed by atoms with van der Waals surface area (Å²) in [4.78, 5) is 48.6. The van der Waals surface area contributed by atoms with Gasteiger partial charge in [-0.1, -0.05) is 0 Å². The third kappa shape index (κ3) is 9.47. The summed E-state index contributed by atoms with van der Waals surface area (Å²) in [5.74, 6) is -2.17. The molecule has 0 bridgehead atoms. The van der Waals surface area contributed by atoms with Gasteiger partial charge in [-0.25, -0.2) is 4.79 Å². The van der Waals surface area contributed by atoms with Crippen molar-refractivity contribution in [2.24, 2.45) is 0 Å². The molecule has 1 aliphatic rings. The van der Waals surface area contributed by atoms with Crippen LogP contribution in [0, 0.1) is 0 Å². The lowest BCUT2D eigenvalue weighted by atomic mass is 9.95. The van der Waals surface area contributed by atoms with Crippen molar-refractivity contribution in [2.45, 2.75) is 76.3 Å². The molecule has 5 unspecified atom stereocenters. The van der Waals surface area contributed by atoms with Gasteiger partial charge in [-0.2, -0.15) is 0 Å². The van der Waals surface area contributed by atoms with E-state index in [2.05, 4.69) is 21.3 Å². The molecule has 14 heteroatoms. The molecule has 0 aliphatic carbocycles. The summed E-state index contributed by atoms with van der Waals surface area (Å²) in [5.41, 5.74) is -0.865. The lowest BCUT2D eigenvalue weighted by Gasteiger charge is -2.42. The van der Waals surface area contributed by atoms with Crippen molar-refractivity contribution in [2.75, 3.05) is 19.8 Å². The monoisotopic (exact) mass is 478 g/mol. The molecule has 6 atom stereocenters. The molecular weight excluding hydrogens is 444 g/mol. The van der Waals surface area contributed by atoms with E-state index >= 15 is 0 Å². The molecule has 0 aromatic carbocycles. The maximum absolute atomic E-state index is 12.6. The van der Waals surface area contributed by atoms with Gasteiger partial charge in [-0.05, 0) is 20.8 Å². The van der Waals surface area contributed by atoms with Gasteiger partial charge in [0.1, 0.15) is 36.0 Å². The predicted molar refractivity (Wildman–Crippen MR) is 111 cm³/mol. The predicted octanol–water partition coefficient (Wildman–Crippen LogP) is -3.56. The van der Waals surface area contributed by atoms with Crippen LogP contribution in [0.1, 0.15) is 34.1 Å². The highest BCUT2D eigenvalue weighted by atomic mass is 16.6. The molecule has 190 valence electrons. The summed E-state index contributed by atoms with van der Waals surface area (Å²) in [6, 6.07) is -2.65. The minimum Gasteiger partial charge on any atom is -0.444 e. The second-order valence-corrected chi connectivity index (χ2v) is 8.47. The van der Waals surface area contributed by atoms with Gasteiger partial charge in [0, 0.05) is 13.5 Å². The van der Waals surface area contributed by atoms with Crippen LogP contribution in [-0.4, -0.2) is 106 Å². The fourth-order valence-electron chi connectivity index (χ4n) is 3.00. The number of nitrogens with one attached hydrogen (secondary N) is 4. The Hall–Kier alpha value is -2.52. The van der Waals surface area contributed by atoms with E-state index in [-0.39, 0.29) is 13.2 Å². The topological polar surface area (TPSA) is 216 Å². The summed E-state index contributed by atoms with van der Waals surface area (Å²) in [6.45, 7) is 4.83. The first-order valence-electron chi connectivity index (χ1n) is 10.4. The molecule has 0 spiro atoms. The number of amides is 4. The van der Waals surface area contributed by atoms with E-state index in [0.717, 1.165) is 6.92 Å². The van der Waals surface area contributed by atoms with Crippen molar-refractivity contribution in [1.29, 1.82) is 0 Å². The Labute approximate surface area is 191 Å². The summed E-state index contributed by atoms with van der Waals surface area (Å²) in [6.07, 6.45) is -7.27. The van der Waals surface area contributed by atoms with E-state index in [1.165, 1.54) is 0 Å². The normalized spacial score (nSPS) is 26.0. The third-order valence-corrected chi connectivity index (χ3v) is 4.41. The zero-order valence-electron chi connectivity index (χ0n) is 19.0. The fourth-order valence-corrected chi connectivity index (χ4v) is 3.00. The Balaban J connectivity index is 2.95.